The number of benzene rings is 2. The van der Waals surface area contributed by atoms with Crippen molar-refractivity contribution in [3.05, 3.63) is 101 Å². The number of rotatable bonds is 7. The lowest BCUT2D eigenvalue weighted by molar-refractivity contribution is 0.395. The van der Waals surface area contributed by atoms with Gasteiger partial charge in [0.1, 0.15) is 0 Å². The van der Waals surface area contributed by atoms with Gasteiger partial charge in [-0.25, -0.2) is 26.9 Å². The van der Waals surface area contributed by atoms with Gasteiger partial charge in [-0.1, -0.05) is 36.9 Å². The molecule has 0 atom stereocenters. The third kappa shape index (κ3) is 4.98. The van der Waals surface area contributed by atoms with Gasteiger partial charge in [0.2, 0.25) is 5.95 Å². The molecule has 2 N–H and O–H groups in total. The van der Waals surface area contributed by atoms with Crippen molar-refractivity contribution in [2.24, 2.45) is 5.73 Å². The Morgan fingerprint density at radius 1 is 0.967 bits per heavy atom. The summed E-state index contributed by atoms with van der Waals surface area (Å²) in [6.45, 7) is 3.73. The molecular weight excluding hydrogens is 421 g/mol. The Morgan fingerprint density at radius 2 is 1.67 bits per heavy atom. The van der Waals surface area contributed by atoms with Gasteiger partial charge in [-0.05, 0) is 35.2 Å². The van der Waals surface area contributed by atoms with E-state index in [-0.39, 0.29) is 18.7 Å². The Kier molecular flexibility index (Phi) is 6.73. The molecule has 2 aromatic carbocycles. The summed E-state index contributed by atoms with van der Waals surface area (Å²) in [6, 6.07) is 10.5. The second-order valence-corrected chi connectivity index (χ2v) is 7.50. The van der Waals surface area contributed by atoms with Gasteiger partial charge >= 0.3 is 0 Å². The Balaban J connectivity index is 1.91. The van der Waals surface area contributed by atoms with Crippen molar-refractivity contribution >= 4 is 17.6 Å². The zero-order valence-electron chi connectivity index (χ0n) is 15.5. The number of nitrogens with zero attached hydrogens (tertiary/aromatic N) is 2. The monoisotopic (exact) mass is 437 g/mol. The fourth-order valence-corrected chi connectivity index (χ4v) is 3.65. The molecule has 0 unspecified atom stereocenters. The van der Waals surface area contributed by atoms with Crippen LogP contribution >= 0.6 is 11.9 Å². The van der Waals surface area contributed by atoms with Crippen LogP contribution in [0.1, 0.15) is 16.7 Å². The Hall–Kier alpha value is -2.91. The first-order valence-electron chi connectivity index (χ1n) is 8.65. The topological polar surface area (TPSA) is 42.1 Å². The van der Waals surface area contributed by atoms with Gasteiger partial charge in [-0.3, -0.25) is 0 Å². The van der Waals surface area contributed by atoms with E-state index in [1.807, 2.05) is 0 Å². The maximum atomic E-state index is 14.2. The lowest BCUT2D eigenvalue weighted by Crippen LogP contribution is -2.17. The lowest BCUT2D eigenvalue weighted by Gasteiger charge is -2.22. The van der Waals surface area contributed by atoms with Gasteiger partial charge in [0.25, 0.3) is 0 Å². The molecule has 9 heteroatoms. The van der Waals surface area contributed by atoms with Gasteiger partial charge in [0.05, 0.1) is 4.90 Å². The van der Waals surface area contributed by atoms with E-state index in [2.05, 4.69) is 11.6 Å². The second kappa shape index (κ2) is 9.27. The first kappa shape index (κ1) is 21.8. The molecule has 0 fully saturated rings. The predicted octanol–water partition coefficient (Wildman–Crippen LogP) is 5.42. The minimum atomic E-state index is -1.91. The van der Waals surface area contributed by atoms with Crippen LogP contribution in [-0.4, -0.2) is 9.29 Å². The van der Waals surface area contributed by atoms with Crippen LogP contribution in [0.25, 0.3) is 5.70 Å². The largest absolute Gasteiger partial charge is 0.399 e. The summed E-state index contributed by atoms with van der Waals surface area (Å²) in [6.07, 6.45) is 1.28. The first-order valence-corrected chi connectivity index (χ1v) is 9.42. The van der Waals surface area contributed by atoms with Crippen LogP contribution in [0.5, 0.6) is 0 Å². The van der Waals surface area contributed by atoms with Gasteiger partial charge in [-0.2, -0.15) is 4.39 Å². The van der Waals surface area contributed by atoms with Crippen molar-refractivity contribution in [3.8, 4) is 0 Å². The third-order valence-electron chi connectivity index (χ3n) is 4.16. The zero-order chi connectivity index (χ0) is 21.8. The van der Waals surface area contributed by atoms with Crippen molar-refractivity contribution in [1.82, 2.24) is 9.29 Å². The highest BCUT2D eigenvalue weighted by Gasteiger charge is 2.22. The number of hydrogen-bond donors (Lipinski definition) is 1. The highest BCUT2D eigenvalue weighted by atomic mass is 32.2. The smallest absolute Gasteiger partial charge is 0.217 e. The van der Waals surface area contributed by atoms with Crippen molar-refractivity contribution in [2.45, 2.75) is 18.0 Å². The zero-order valence-corrected chi connectivity index (χ0v) is 16.3. The maximum Gasteiger partial charge on any atom is 0.217 e. The summed E-state index contributed by atoms with van der Waals surface area (Å²) in [5.41, 5.74) is 7.67. The highest BCUT2D eigenvalue weighted by Crippen LogP contribution is 2.32. The molecule has 156 valence electrons. The van der Waals surface area contributed by atoms with Crippen LogP contribution in [0, 0.1) is 29.2 Å². The normalized spacial score (nSPS) is 11.1. The van der Waals surface area contributed by atoms with Gasteiger partial charge in [-0.15, -0.1) is 0 Å². The van der Waals surface area contributed by atoms with E-state index in [0.717, 1.165) is 5.56 Å². The molecule has 1 heterocycles. The standard InChI is InChI=1S/C21H16F5N3S/c1-12(27)14-6-4-13(5-7-14)10-29(11-15-3-2-8-28-21(15)26)30-17-9-16(22)18(23)20(25)19(17)24/h2-9H,1,10-11,27H2. The average molecular weight is 437 g/mol. The SMILES string of the molecule is C=C(N)c1ccc(CN(Cc2cccnc2F)Sc2cc(F)c(F)c(F)c2F)cc1. The van der Waals surface area contributed by atoms with E-state index in [1.165, 1.54) is 22.6 Å². The molecule has 0 aliphatic rings. The second-order valence-electron chi connectivity index (χ2n) is 6.36. The lowest BCUT2D eigenvalue weighted by atomic mass is 10.1. The number of nitrogens with two attached hydrogens (primary N) is 1. The van der Waals surface area contributed by atoms with E-state index in [4.69, 9.17) is 5.73 Å². The van der Waals surface area contributed by atoms with Crippen LogP contribution < -0.4 is 5.73 Å². The molecule has 0 saturated carbocycles. The highest BCUT2D eigenvalue weighted by molar-refractivity contribution is 7.97. The fourth-order valence-electron chi connectivity index (χ4n) is 2.63. The first-order chi connectivity index (χ1) is 14.3. The summed E-state index contributed by atoms with van der Waals surface area (Å²) in [5.74, 6) is -7.56. The van der Waals surface area contributed by atoms with Crippen LogP contribution in [0.15, 0.2) is 60.1 Å². The molecule has 30 heavy (non-hydrogen) atoms. The van der Waals surface area contributed by atoms with Crippen LogP contribution in [-0.2, 0) is 13.1 Å². The molecule has 0 amide bonds. The van der Waals surface area contributed by atoms with E-state index < -0.39 is 34.1 Å². The third-order valence-corrected chi connectivity index (χ3v) is 5.17. The molecule has 3 nitrogen and oxygen atoms in total. The molecule has 0 radical (unpaired) electrons. The van der Waals surface area contributed by atoms with Crippen molar-refractivity contribution in [3.63, 3.8) is 0 Å². The molecule has 1 aromatic heterocycles. The van der Waals surface area contributed by atoms with Gasteiger partial charge < -0.3 is 5.73 Å². The molecule has 0 saturated heterocycles. The molecular formula is C21H16F5N3S. The van der Waals surface area contributed by atoms with E-state index >= 15 is 0 Å². The molecule has 0 aliphatic heterocycles. The van der Waals surface area contributed by atoms with Gasteiger partial charge in [0.15, 0.2) is 23.3 Å². The maximum absolute atomic E-state index is 14.2. The fraction of sp³-hybridized carbons (Fsp3) is 0.0952. The van der Waals surface area contributed by atoms with Crippen LogP contribution in [0.2, 0.25) is 0 Å². The Bertz CT molecular complexity index is 1070. The van der Waals surface area contributed by atoms with Crippen molar-refractivity contribution in [2.75, 3.05) is 0 Å². The van der Waals surface area contributed by atoms with Crippen molar-refractivity contribution < 1.29 is 22.0 Å². The summed E-state index contributed by atoms with van der Waals surface area (Å²) in [7, 11) is 0. The number of aromatic nitrogens is 1. The molecule has 0 aliphatic carbocycles. The summed E-state index contributed by atoms with van der Waals surface area (Å²) in [4.78, 5) is 3.10. The van der Waals surface area contributed by atoms with E-state index in [9.17, 15) is 22.0 Å². The molecule has 0 bridgehead atoms. The van der Waals surface area contributed by atoms with E-state index in [1.54, 1.807) is 24.3 Å². The summed E-state index contributed by atoms with van der Waals surface area (Å²) >= 11 is 0.636. The quantitative estimate of drug-likeness (QED) is 0.176. The Labute approximate surface area is 174 Å². The minimum Gasteiger partial charge on any atom is -0.399 e. The molecule has 3 aromatic rings. The van der Waals surface area contributed by atoms with Crippen molar-refractivity contribution in [1.29, 1.82) is 0 Å². The predicted molar refractivity (Wildman–Crippen MR) is 105 cm³/mol. The average Bonchev–Trinajstić information content (AvgIpc) is 2.72. The van der Waals surface area contributed by atoms with Crippen LogP contribution in [0.4, 0.5) is 22.0 Å². The molecule has 0 spiro atoms. The summed E-state index contributed by atoms with van der Waals surface area (Å²) < 4.78 is 70.2. The van der Waals surface area contributed by atoms with Crippen LogP contribution in [0.3, 0.4) is 0 Å². The summed E-state index contributed by atoms with van der Waals surface area (Å²) in [5, 5.41) is 0. The number of pyridine rings is 1. The molecule has 3 rings (SSSR count). The minimum absolute atomic E-state index is 0.0598. The Morgan fingerprint density at radius 3 is 2.30 bits per heavy atom. The number of hydrogen-bond acceptors (Lipinski definition) is 4. The van der Waals surface area contributed by atoms with Gasteiger partial charge in [0, 0.05) is 30.5 Å². The number of halogens is 5. The van der Waals surface area contributed by atoms with E-state index in [0.29, 0.717) is 29.3 Å².